The number of hydrogen-bond donors (Lipinski definition) is 11. The summed E-state index contributed by atoms with van der Waals surface area (Å²) < 4.78 is 0. The first-order valence-corrected chi connectivity index (χ1v) is 19.5. The summed E-state index contributed by atoms with van der Waals surface area (Å²) in [5.41, 5.74) is 11.0. The summed E-state index contributed by atoms with van der Waals surface area (Å²) in [6, 6.07) is -4.96. The summed E-state index contributed by atoms with van der Waals surface area (Å²) in [6.45, 7) is 2.55. The summed E-state index contributed by atoms with van der Waals surface area (Å²) in [4.78, 5) is 103. The second-order valence-electron chi connectivity index (χ2n) is 16.1. The molecule has 320 valence electrons. The van der Waals surface area contributed by atoms with Crippen molar-refractivity contribution in [3.63, 3.8) is 0 Å². The molecule has 13 N–H and O–H groups in total. The molecule has 10 atom stereocenters. The number of carboxylic acid groups (broad SMARTS) is 2. The van der Waals surface area contributed by atoms with Gasteiger partial charge in [0.2, 0.25) is 29.5 Å². The third kappa shape index (κ3) is 11.0. The van der Waals surface area contributed by atoms with Crippen LogP contribution < -0.4 is 38.1 Å². The van der Waals surface area contributed by atoms with E-state index in [9.17, 15) is 48.6 Å². The van der Waals surface area contributed by atoms with Crippen LogP contribution in [0.25, 0.3) is 0 Å². The Kier molecular flexibility index (Phi) is 15.2. The van der Waals surface area contributed by atoms with Crippen molar-refractivity contribution in [1.29, 1.82) is 0 Å². The number of nitrogens with two attached hydrogens (primary N) is 2. The maximum atomic E-state index is 13.3. The van der Waals surface area contributed by atoms with Crippen molar-refractivity contribution in [1.82, 2.24) is 26.6 Å². The van der Waals surface area contributed by atoms with Crippen molar-refractivity contribution in [2.24, 2.45) is 45.0 Å². The third-order valence-electron chi connectivity index (χ3n) is 12.3. The van der Waals surface area contributed by atoms with Crippen LogP contribution in [0.4, 0.5) is 0 Å². The highest BCUT2D eigenvalue weighted by Crippen LogP contribution is 2.64. The van der Waals surface area contributed by atoms with Crippen molar-refractivity contribution in [3.05, 3.63) is 23.8 Å². The Bertz CT molecular complexity index is 1730. The molecule has 0 aromatic heterocycles. The predicted molar refractivity (Wildman–Crippen MR) is 205 cm³/mol. The number of carboxylic acids is 2. The molecule has 0 saturated heterocycles. The van der Waals surface area contributed by atoms with Gasteiger partial charge in [0.05, 0.1) is 25.7 Å². The maximum Gasteiger partial charge on any atom is 0.328 e. The molecule has 3 saturated carbocycles. The van der Waals surface area contributed by atoms with Gasteiger partial charge in [0.15, 0.2) is 11.7 Å². The zero-order valence-electron chi connectivity index (χ0n) is 32.7. The number of guanidine groups is 1. The van der Waals surface area contributed by atoms with Gasteiger partial charge in [-0.25, -0.2) is 4.79 Å². The van der Waals surface area contributed by atoms with Crippen molar-refractivity contribution in [2.75, 3.05) is 19.7 Å². The van der Waals surface area contributed by atoms with E-state index >= 15 is 0 Å². The number of aliphatic carboxylic acids is 2. The lowest BCUT2D eigenvalue weighted by atomic mass is 9.47. The molecular weight excluding hydrogens is 760 g/mol. The van der Waals surface area contributed by atoms with Gasteiger partial charge in [-0.1, -0.05) is 25.5 Å². The fourth-order valence-electron chi connectivity index (χ4n) is 9.47. The van der Waals surface area contributed by atoms with E-state index in [1.807, 2.05) is 11.4 Å². The molecule has 0 unspecified atom stereocenters. The molecule has 20 nitrogen and oxygen atoms in total. The Hall–Kier alpha value is -5.37. The van der Waals surface area contributed by atoms with E-state index < -0.39 is 84.8 Å². The fraction of sp³-hybridized carbons (Fsp3) is 0.658. The quantitative estimate of drug-likeness (QED) is 0.0371. The van der Waals surface area contributed by atoms with Crippen LogP contribution in [0.2, 0.25) is 0 Å². The molecule has 0 aromatic carbocycles. The minimum atomic E-state index is -1.76. The normalized spacial score (nSPS) is 28.4. The number of aliphatic imine (C=N–C) groups is 1. The van der Waals surface area contributed by atoms with Gasteiger partial charge in [-0.3, -0.25) is 38.6 Å². The zero-order chi connectivity index (χ0) is 42.9. The molecule has 58 heavy (non-hydrogen) atoms. The Balaban J connectivity index is 1.31. The molecule has 4 rings (SSSR count). The lowest BCUT2D eigenvalue weighted by Gasteiger charge is -2.58. The highest BCUT2D eigenvalue weighted by atomic mass is 16.4. The molecule has 4 aliphatic rings. The summed E-state index contributed by atoms with van der Waals surface area (Å²) >= 11 is 0. The number of carbonyl (C=O) groups excluding carboxylic acids is 6. The molecule has 0 aromatic rings. The molecular formula is C38H56N8O12. The van der Waals surface area contributed by atoms with Gasteiger partial charge in [0.25, 0.3) is 0 Å². The van der Waals surface area contributed by atoms with E-state index in [-0.39, 0.29) is 79.1 Å². The molecule has 0 radical (unpaired) electrons. The van der Waals surface area contributed by atoms with Crippen LogP contribution in [-0.2, 0) is 38.4 Å². The van der Waals surface area contributed by atoms with Crippen LogP contribution >= 0.6 is 0 Å². The number of aliphatic hydroxyl groups is 2. The molecule has 0 bridgehead atoms. The zero-order valence-corrected chi connectivity index (χ0v) is 32.7. The van der Waals surface area contributed by atoms with Crippen molar-refractivity contribution >= 4 is 53.2 Å². The standard InChI is InChI=1S/C38H56N8O12/c1-37-12-11-20(48)14-19(37)5-6-21-22-7-8-27(38(22,2)16-26(49)32(21)37)46-29(51)10-9-28(50)43-23(4-3-13-41-36(39)40)33(55)42-17-30(52)44-24(15-31(53)54)34(56)45-25(18-47)35(57)58/h11-12,14,21-27,32,47,49H,3-10,13,15-18H2,1-2H3,(H,42,55)(H,43,50)(H,44,52)(H,45,56)(H,46,51)(H,53,54)(H,57,58)(H4,39,40,41)/t21-,22-,23-,24-,25-,26+,27-,32+,37-,38-/m0/s1. The lowest BCUT2D eigenvalue weighted by molar-refractivity contribution is -0.144. The Morgan fingerprint density at radius 1 is 0.914 bits per heavy atom. The molecule has 0 aliphatic heterocycles. The Morgan fingerprint density at radius 2 is 1.60 bits per heavy atom. The minimum absolute atomic E-state index is 0.0126. The fourth-order valence-corrected chi connectivity index (χ4v) is 9.47. The van der Waals surface area contributed by atoms with E-state index in [2.05, 4.69) is 40.1 Å². The van der Waals surface area contributed by atoms with Gasteiger partial charge in [0.1, 0.15) is 18.1 Å². The highest BCUT2D eigenvalue weighted by molar-refractivity contribution is 6.01. The topological polar surface area (TPSA) is 342 Å². The minimum Gasteiger partial charge on any atom is -0.481 e. The third-order valence-corrected chi connectivity index (χ3v) is 12.3. The predicted octanol–water partition coefficient (Wildman–Crippen LogP) is -2.29. The van der Waals surface area contributed by atoms with Crippen LogP contribution in [0, 0.1) is 28.6 Å². The summed E-state index contributed by atoms with van der Waals surface area (Å²) in [6.07, 6.45) is 7.10. The average molecular weight is 817 g/mol. The van der Waals surface area contributed by atoms with Crippen LogP contribution in [0.3, 0.4) is 0 Å². The number of aliphatic hydroxyl groups excluding tert-OH is 2. The van der Waals surface area contributed by atoms with Crippen LogP contribution in [0.15, 0.2) is 28.8 Å². The number of allylic oxidation sites excluding steroid dienone is 4. The largest absolute Gasteiger partial charge is 0.481 e. The van der Waals surface area contributed by atoms with Gasteiger partial charge in [-0.15, -0.1) is 0 Å². The van der Waals surface area contributed by atoms with Crippen LogP contribution in [0.1, 0.15) is 78.1 Å². The number of ketones is 1. The number of hydrogen-bond acceptors (Lipinski definition) is 11. The first-order chi connectivity index (χ1) is 27.3. The van der Waals surface area contributed by atoms with Crippen LogP contribution in [-0.4, -0.2) is 124 Å². The first-order valence-electron chi connectivity index (χ1n) is 19.5. The van der Waals surface area contributed by atoms with Gasteiger partial charge in [0, 0.05) is 36.8 Å². The second kappa shape index (κ2) is 19.4. The average Bonchev–Trinajstić information content (AvgIpc) is 3.46. The smallest absolute Gasteiger partial charge is 0.328 e. The SMILES string of the molecule is C[C@]12C[C@@H](O)[C@H]3[C@@H](CCC4=CC(=O)C=C[C@@]43C)[C@@H]1CC[C@@H]2NC(=O)CCC(=O)N[C@@H](CCCN=C(N)N)C(=O)NCC(=O)N[C@@H](CC(=O)O)C(=O)N[C@@H](CO)C(=O)O. The molecule has 4 aliphatic carbocycles. The van der Waals surface area contributed by atoms with E-state index in [1.165, 1.54) is 0 Å². The number of rotatable bonds is 19. The van der Waals surface area contributed by atoms with E-state index in [0.717, 1.165) is 24.8 Å². The van der Waals surface area contributed by atoms with Gasteiger partial charge in [-0.2, -0.15) is 0 Å². The monoisotopic (exact) mass is 816 g/mol. The first kappa shape index (κ1) is 45.3. The molecule has 3 fully saturated rings. The van der Waals surface area contributed by atoms with E-state index in [1.54, 1.807) is 12.2 Å². The van der Waals surface area contributed by atoms with Gasteiger partial charge < -0.3 is 58.5 Å². The van der Waals surface area contributed by atoms with E-state index in [0.29, 0.717) is 12.8 Å². The number of nitrogens with one attached hydrogen (secondary N) is 5. The van der Waals surface area contributed by atoms with Crippen molar-refractivity contribution < 1.29 is 58.8 Å². The lowest BCUT2D eigenvalue weighted by Crippen LogP contribution is -2.58. The molecule has 20 heteroatoms. The molecule has 0 heterocycles. The Labute approximate surface area is 335 Å². The number of amides is 5. The molecule has 5 amide bonds. The van der Waals surface area contributed by atoms with Crippen molar-refractivity contribution in [2.45, 2.75) is 108 Å². The van der Waals surface area contributed by atoms with Crippen LogP contribution in [0.5, 0.6) is 0 Å². The maximum absolute atomic E-state index is 13.3. The summed E-state index contributed by atoms with van der Waals surface area (Å²) in [7, 11) is 0. The van der Waals surface area contributed by atoms with Gasteiger partial charge >= 0.3 is 11.9 Å². The number of nitrogens with zero attached hydrogens (tertiary/aromatic N) is 1. The highest BCUT2D eigenvalue weighted by Gasteiger charge is 2.61. The van der Waals surface area contributed by atoms with Crippen molar-refractivity contribution in [3.8, 4) is 0 Å². The van der Waals surface area contributed by atoms with E-state index in [4.69, 9.17) is 21.7 Å². The summed E-state index contributed by atoms with van der Waals surface area (Å²) in [5.74, 6) is -6.96. The summed E-state index contributed by atoms with van der Waals surface area (Å²) in [5, 5.41) is 51.0. The Morgan fingerprint density at radius 3 is 2.26 bits per heavy atom. The number of fused-ring (bicyclic) bond motifs is 5. The molecule has 0 spiro atoms. The van der Waals surface area contributed by atoms with Gasteiger partial charge in [-0.05, 0) is 74.3 Å². The number of carbonyl (C=O) groups is 8. The second-order valence-corrected chi connectivity index (χ2v) is 16.1.